The number of thioether (sulfide) groups is 1. The molecular formula is C11H21NO4S. The van der Waals surface area contributed by atoms with Crippen LogP contribution in [0.4, 0.5) is 0 Å². The van der Waals surface area contributed by atoms with Crippen LogP contribution >= 0.6 is 11.8 Å². The molecule has 1 unspecified atom stereocenters. The van der Waals surface area contributed by atoms with Gasteiger partial charge in [0.05, 0.1) is 12.4 Å². The van der Waals surface area contributed by atoms with Gasteiger partial charge in [-0.2, -0.15) is 0 Å². The lowest BCUT2D eigenvalue weighted by Gasteiger charge is -2.13. The van der Waals surface area contributed by atoms with Crippen molar-refractivity contribution in [3.63, 3.8) is 0 Å². The fourth-order valence-corrected chi connectivity index (χ4v) is 1.94. The van der Waals surface area contributed by atoms with Crippen LogP contribution in [0.15, 0.2) is 0 Å². The Morgan fingerprint density at radius 3 is 2.71 bits per heavy atom. The molecule has 0 aromatic rings. The molecule has 0 saturated carbocycles. The molecule has 0 heterocycles. The molecule has 17 heavy (non-hydrogen) atoms. The van der Waals surface area contributed by atoms with Crippen molar-refractivity contribution >= 4 is 23.6 Å². The highest BCUT2D eigenvalue weighted by molar-refractivity contribution is 7.99. The van der Waals surface area contributed by atoms with Crippen molar-refractivity contribution in [2.75, 3.05) is 31.8 Å². The first-order valence-electron chi connectivity index (χ1n) is 5.65. The van der Waals surface area contributed by atoms with Gasteiger partial charge in [0.25, 0.3) is 0 Å². The van der Waals surface area contributed by atoms with Gasteiger partial charge in [-0.25, -0.2) is 0 Å². The van der Waals surface area contributed by atoms with Crippen LogP contribution < -0.4 is 5.32 Å². The molecule has 0 aliphatic heterocycles. The normalized spacial score (nSPS) is 12.1. The summed E-state index contributed by atoms with van der Waals surface area (Å²) in [5, 5.41) is 11.4. The van der Waals surface area contributed by atoms with Crippen molar-refractivity contribution in [3.05, 3.63) is 0 Å². The summed E-state index contributed by atoms with van der Waals surface area (Å²) in [7, 11) is 1.62. The van der Waals surface area contributed by atoms with Crippen molar-refractivity contribution < 1.29 is 19.4 Å². The maximum Gasteiger partial charge on any atom is 0.303 e. The van der Waals surface area contributed by atoms with E-state index < -0.39 is 5.97 Å². The van der Waals surface area contributed by atoms with Gasteiger partial charge in [0, 0.05) is 25.8 Å². The fourth-order valence-electron chi connectivity index (χ4n) is 1.22. The minimum absolute atomic E-state index is 0.0143. The Labute approximate surface area is 106 Å². The summed E-state index contributed by atoms with van der Waals surface area (Å²) in [5.41, 5.74) is 0. The Morgan fingerprint density at radius 2 is 2.18 bits per heavy atom. The average molecular weight is 263 g/mol. The highest BCUT2D eigenvalue weighted by Gasteiger charge is 2.12. The van der Waals surface area contributed by atoms with E-state index in [1.807, 2.05) is 6.92 Å². The first-order valence-corrected chi connectivity index (χ1v) is 6.80. The third-order valence-corrected chi connectivity index (χ3v) is 3.22. The lowest BCUT2D eigenvalue weighted by Crippen LogP contribution is -2.31. The standard InChI is InChI=1S/C11H21NO4S/c1-3-9(6-11(14)15)7-12-10(13)8-17-5-4-16-2/h9H,3-8H2,1-2H3,(H,12,13)(H,14,15). The third-order valence-electron chi connectivity index (χ3n) is 2.29. The van der Waals surface area contributed by atoms with Crippen LogP contribution in [0.5, 0.6) is 0 Å². The van der Waals surface area contributed by atoms with Crippen LogP contribution in [-0.2, 0) is 14.3 Å². The van der Waals surface area contributed by atoms with Gasteiger partial charge in [-0.3, -0.25) is 9.59 Å². The number of ether oxygens (including phenoxy) is 1. The monoisotopic (exact) mass is 263 g/mol. The highest BCUT2D eigenvalue weighted by atomic mass is 32.2. The molecule has 0 radical (unpaired) electrons. The fraction of sp³-hybridized carbons (Fsp3) is 0.818. The zero-order chi connectivity index (χ0) is 13.1. The number of rotatable bonds is 10. The number of methoxy groups -OCH3 is 1. The van der Waals surface area contributed by atoms with E-state index in [1.54, 1.807) is 7.11 Å². The van der Waals surface area contributed by atoms with Crippen LogP contribution in [0.25, 0.3) is 0 Å². The largest absolute Gasteiger partial charge is 0.481 e. The smallest absolute Gasteiger partial charge is 0.303 e. The van der Waals surface area contributed by atoms with E-state index in [0.717, 1.165) is 12.2 Å². The molecule has 2 N–H and O–H groups in total. The van der Waals surface area contributed by atoms with Gasteiger partial charge in [0.15, 0.2) is 0 Å². The van der Waals surface area contributed by atoms with Crippen molar-refractivity contribution in [3.8, 4) is 0 Å². The molecule has 1 atom stereocenters. The van der Waals surface area contributed by atoms with Crippen molar-refractivity contribution in [1.29, 1.82) is 0 Å². The number of hydrogen-bond acceptors (Lipinski definition) is 4. The Kier molecular flexibility index (Phi) is 9.95. The van der Waals surface area contributed by atoms with E-state index in [9.17, 15) is 9.59 Å². The minimum Gasteiger partial charge on any atom is -0.481 e. The third kappa shape index (κ3) is 10.1. The molecule has 0 bridgehead atoms. The number of amides is 1. The summed E-state index contributed by atoms with van der Waals surface area (Å²) < 4.78 is 4.87. The molecule has 0 aromatic carbocycles. The zero-order valence-electron chi connectivity index (χ0n) is 10.4. The van der Waals surface area contributed by atoms with Gasteiger partial charge < -0.3 is 15.2 Å². The number of carbonyl (C=O) groups excluding carboxylic acids is 1. The molecule has 0 spiro atoms. The van der Waals surface area contributed by atoms with Crippen molar-refractivity contribution in [2.24, 2.45) is 5.92 Å². The van der Waals surface area contributed by atoms with Gasteiger partial charge in [-0.1, -0.05) is 13.3 Å². The summed E-state index contributed by atoms with van der Waals surface area (Å²) in [6, 6.07) is 0. The molecule has 5 nitrogen and oxygen atoms in total. The van der Waals surface area contributed by atoms with Gasteiger partial charge in [-0.05, 0) is 5.92 Å². The summed E-state index contributed by atoms with van der Waals surface area (Å²) in [6.07, 6.45) is 0.858. The van der Waals surface area contributed by atoms with E-state index in [2.05, 4.69) is 5.32 Å². The predicted octanol–water partition coefficient (Wildman–Crippen LogP) is 0.983. The summed E-state index contributed by atoms with van der Waals surface area (Å²) >= 11 is 1.51. The number of carbonyl (C=O) groups is 2. The Hall–Kier alpha value is -0.750. The first-order chi connectivity index (χ1) is 8.10. The van der Waals surface area contributed by atoms with E-state index in [0.29, 0.717) is 18.9 Å². The van der Waals surface area contributed by atoms with Crippen LogP contribution in [-0.4, -0.2) is 48.8 Å². The highest BCUT2D eigenvalue weighted by Crippen LogP contribution is 2.06. The van der Waals surface area contributed by atoms with Gasteiger partial charge in [-0.15, -0.1) is 11.8 Å². The molecule has 0 fully saturated rings. The van der Waals surface area contributed by atoms with Gasteiger partial charge in [0.1, 0.15) is 0 Å². The summed E-state index contributed by atoms with van der Waals surface area (Å²) in [6.45, 7) is 2.99. The van der Waals surface area contributed by atoms with Crippen LogP contribution in [0, 0.1) is 5.92 Å². The summed E-state index contributed by atoms with van der Waals surface area (Å²) in [5.74, 6) is 0.333. The minimum atomic E-state index is -0.819. The Bertz CT molecular complexity index is 236. The van der Waals surface area contributed by atoms with Gasteiger partial charge in [0.2, 0.25) is 5.91 Å². The molecule has 0 aliphatic carbocycles. The lowest BCUT2D eigenvalue weighted by atomic mass is 10.0. The number of carboxylic acid groups (broad SMARTS) is 1. The maximum atomic E-state index is 11.4. The molecule has 0 aliphatic rings. The molecule has 0 rings (SSSR count). The first kappa shape index (κ1) is 16.2. The Balaban J connectivity index is 3.62. The van der Waals surface area contributed by atoms with Crippen molar-refractivity contribution in [1.82, 2.24) is 5.32 Å². The SMILES string of the molecule is CCC(CNC(=O)CSCCOC)CC(=O)O. The summed E-state index contributed by atoms with van der Waals surface area (Å²) in [4.78, 5) is 21.9. The van der Waals surface area contributed by atoms with E-state index >= 15 is 0 Å². The molecule has 100 valence electrons. The number of carboxylic acids is 1. The maximum absolute atomic E-state index is 11.4. The number of aliphatic carboxylic acids is 1. The van der Waals surface area contributed by atoms with Crippen LogP contribution in [0.1, 0.15) is 19.8 Å². The topological polar surface area (TPSA) is 75.6 Å². The number of nitrogens with one attached hydrogen (secondary N) is 1. The molecule has 1 amide bonds. The predicted molar refractivity (Wildman–Crippen MR) is 68.2 cm³/mol. The van der Waals surface area contributed by atoms with E-state index in [4.69, 9.17) is 9.84 Å². The Morgan fingerprint density at radius 1 is 1.47 bits per heavy atom. The second kappa shape index (κ2) is 10.4. The van der Waals surface area contributed by atoms with E-state index in [-0.39, 0.29) is 18.2 Å². The number of hydrogen-bond donors (Lipinski definition) is 2. The van der Waals surface area contributed by atoms with Gasteiger partial charge >= 0.3 is 5.97 Å². The molecule has 0 aromatic heterocycles. The van der Waals surface area contributed by atoms with Crippen LogP contribution in [0.3, 0.4) is 0 Å². The van der Waals surface area contributed by atoms with Crippen molar-refractivity contribution in [2.45, 2.75) is 19.8 Å². The average Bonchev–Trinajstić information content (AvgIpc) is 2.29. The molecule has 0 saturated heterocycles. The molecular weight excluding hydrogens is 242 g/mol. The molecule has 6 heteroatoms. The second-order valence-corrected chi connectivity index (χ2v) is 4.83. The van der Waals surface area contributed by atoms with E-state index in [1.165, 1.54) is 11.8 Å². The zero-order valence-corrected chi connectivity index (χ0v) is 11.2. The lowest BCUT2D eigenvalue weighted by molar-refractivity contribution is -0.138. The quantitative estimate of drug-likeness (QED) is 0.575. The second-order valence-electron chi connectivity index (χ2n) is 3.72. The van der Waals surface area contributed by atoms with Crippen LogP contribution in [0.2, 0.25) is 0 Å².